The fourth-order valence-electron chi connectivity index (χ4n) is 3.65. The molecule has 1 aromatic rings. The number of carbonyl (C=O) groups excluding carboxylic acids is 2. The van der Waals surface area contributed by atoms with Crippen molar-refractivity contribution in [3.05, 3.63) is 34.7 Å². The standard InChI is InChI=1S/C19H20F3NO5/c1-27-6-7-28-9-13-12(4-5-14(23-13)19(20,21)22)18(26)15-16(24)10-2-3-11(8-10)17(15)25/h4-5,10-11,26H,2-3,6-9H2,1H3/b18-15-/t10-,11+/m1/s1. The lowest BCUT2D eigenvalue weighted by molar-refractivity contribution is -0.141. The summed E-state index contributed by atoms with van der Waals surface area (Å²) in [7, 11) is 1.45. The summed E-state index contributed by atoms with van der Waals surface area (Å²) in [4.78, 5) is 28.7. The third kappa shape index (κ3) is 3.95. The van der Waals surface area contributed by atoms with E-state index in [1.54, 1.807) is 0 Å². The number of rotatable bonds is 6. The molecule has 1 aromatic heterocycles. The minimum atomic E-state index is -4.68. The van der Waals surface area contributed by atoms with Gasteiger partial charge >= 0.3 is 6.18 Å². The molecule has 1 N–H and O–H groups in total. The highest BCUT2D eigenvalue weighted by Gasteiger charge is 2.45. The fraction of sp³-hybridized carbons (Fsp3) is 0.526. The number of alkyl halides is 3. The number of allylic oxidation sites excluding steroid dienone is 1. The number of hydrogen-bond donors (Lipinski definition) is 1. The second-order valence-corrected chi connectivity index (χ2v) is 6.89. The number of aliphatic hydroxyl groups excluding tert-OH is 1. The van der Waals surface area contributed by atoms with E-state index >= 15 is 0 Å². The maximum atomic E-state index is 13.0. The molecule has 0 saturated heterocycles. The van der Waals surface area contributed by atoms with Crippen LogP contribution in [0.5, 0.6) is 0 Å². The Morgan fingerprint density at radius 3 is 2.39 bits per heavy atom. The van der Waals surface area contributed by atoms with Gasteiger partial charge in [0.15, 0.2) is 11.6 Å². The molecule has 2 aliphatic carbocycles. The lowest BCUT2D eigenvalue weighted by atomic mass is 9.81. The highest BCUT2D eigenvalue weighted by molar-refractivity contribution is 6.27. The normalized spacial score (nSPS) is 24.0. The number of pyridine rings is 1. The first-order valence-corrected chi connectivity index (χ1v) is 8.89. The molecule has 3 rings (SSSR count). The molecule has 0 radical (unpaired) electrons. The van der Waals surface area contributed by atoms with Gasteiger partial charge in [-0.1, -0.05) is 0 Å². The SMILES string of the molecule is COCCOCc1nc(C(F)(F)F)ccc1/C(O)=C1\C(=O)[C@@H]2CC[C@@H](C2)C1=O. The number of carbonyl (C=O) groups is 2. The van der Waals surface area contributed by atoms with Crippen molar-refractivity contribution in [2.75, 3.05) is 20.3 Å². The van der Waals surface area contributed by atoms with Crippen LogP contribution in [0.1, 0.15) is 36.2 Å². The molecule has 6 nitrogen and oxygen atoms in total. The summed E-state index contributed by atoms with van der Waals surface area (Å²) in [5, 5.41) is 10.7. The van der Waals surface area contributed by atoms with Crippen LogP contribution in [0.2, 0.25) is 0 Å². The van der Waals surface area contributed by atoms with Crippen LogP contribution in [0, 0.1) is 11.8 Å². The molecule has 0 unspecified atom stereocenters. The smallest absolute Gasteiger partial charge is 0.433 e. The number of hydrogen-bond acceptors (Lipinski definition) is 6. The fourth-order valence-corrected chi connectivity index (χ4v) is 3.65. The average Bonchev–Trinajstić information content (AvgIpc) is 3.10. The zero-order valence-electron chi connectivity index (χ0n) is 15.2. The number of aromatic nitrogens is 1. The third-order valence-electron chi connectivity index (χ3n) is 5.09. The van der Waals surface area contributed by atoms with E-state index in [1.165, 1.54) is 7.11 Å². The van der Waals surface area contributed by atoms with Crippen LogP contribution in [0.15, 0.2) is 17.7 Å². The summed E-state index contributed by atoms with van der Waals surface area (Å²) in [6.45, 7) is -0.00982. The third-order valence-corrected chi connectivity index (χ3v) is 5.09. The number of halogens is 3. The first-order chi connectivity index (χ1) is 13.2. The number of aliphatic hydroxyl groups is 1. The molecule has 2 bridgehead atoms. The molecular formula is C19H20F3NO5. The second kappa shape index (κ2) is 8.00. The van der Waals surface area contributed by atoms with E-state index in [4.69, 9.17) is 9.47 Å². The van der Waals surface area contributed by atoms with Gasteiger partial charge in [-0.25, -0.2) is 4.98 Å². The van der Waals surface area contributed by atoms with Gasteiger partial charge in [0.05, 0.1) is 25.5 Å². The number of ether oxygens (including phenoxy) is 2. The molecule has 0 spiro atoms. The molecule has 0 amide bonds. The summed E-state index contributed by atoms with van der Waals surface area (Å²) in [6, 6.07) is 1.72. The summed E-state index contributed by atoms with van der Waals surface area (Å²) >= 11 is 0. The van der Waals surface area contributed by atoms with E-state index in [0.29, 0.717) is 25.3 Å². The second-order valence-electron chi connectivity index (χ2n) is 6.89. The Labute approximate surface area is 159 Å². The maximum Gasteiger partial charge on any atom is 0.433 e. The van der Waals surface area contributed by atoms with E-state index in [0.717, 1.165) is 6.07 Å². The van der Waals surface area contributed by atoms with Crippen molar-refractivity contribution in [3.63, 3.8) is 0 Å². The Balaban J connectivity index is 2.01. The quantitative estimate of drug-likeness (QED) is 0.342. The zero-order valence-corrected chi connectivity index (χ0v) is 15.2. The molecule has 2 aliphatic rings. The van der Waals surface area contributed by atoms with Gasteiger partial charge in [-0.3, -0.25) is 9.59 Å². The van der Waals surface area contributed by atoms with E-state index in [1.807, 2.05) is 0 Å². The Morgan fingerprint density at radius 2 is 1.82 bits per heavy atom. The van der Waals surface area contributed by atoms with E-state index in [-0.39, 0.29) is 48.5 Å². The molecule has 2 saturated carbocycles. The minimum Gasteiger partial charge on any atom is -0.506 e. The molecule has 9 heteroatoms. The number of Topliss-reactive ketones (excluding diaryl/α,β-unsaturated/α-hetero) is 2. The van der Waals surface area contributed by atoms with Crippen LogP contribution in [-0.2, 0) is 31.8 Å². The van der Waals surface area contributed by atoms with Crippen molar-refractivity contribution in [1.82, 2.24) is 4.98 Å². The molecule has 2 fully saturated rings. The number of nitrogens with zero attached hydrogens (tertiary/aromatic N) is 1. The lowest BCUT2D eigenvalue weighted by Crippen LogP contribution is -2.30. The first-order valence-electron chi connectivity index (χ1n) is 8.89. The van der Waals surface area contributed by atoms with Gasteiger partial charge in [0.2, 0.25) is 0 Å². The Bertz CT molecular complexity index is 794. The zero-order chi connectivity index (χ0) is 20.5. The van der Waals surface area contributed by atoms with Crippen LogP contribution in [0.25, 0.3) is 5.76 Å². The lowest BCUT2D eigenvalue weighted by Gasteiger charge is -2.21. The highest BCUT2D eigenvalue weighted by atomic mass is 19.4. The van der Waals surface area contributed by atoms with E-state index < -0.39 is 29.2 Å². The van der Waals surface area contributed by atoms with Crippen molar-refractivity contribution in [2.45, 2.75) is 32.0 Å². The summed E-state index contributed by atoms with van der Waals surface area (Å²) in [6.07, 6.45) is -3.07. The van der Waals surface area contributed by atoms with Crippen LogP contribution in [0.3, 0.4) is 0 Å². The average molecular weight is 399 g/mol. The van der Waals surface area contributed by atoms with Crippen molar-refractivity contribution in [1.29, 1.82) is 0 Å². The van der Waals surface area contributed by atoms with Crippen LogP contribution in [-0.4, -0.2) is 42.0 Å². The van der Waals surface area contributed by atoms with Gasteiger partial charge in [-0.2, -0.15) is 13.2 Å². The topological polar surface area (TPSA) is 85.7 Å². The number of methoxy groups -OCH3 is 1. The molecule has 2 atom stereocenters. The van der Waals surface area contributed by atoms with Crippen molar-refractivity contribution >= 4 is 17.3 Å². The van der Waals surface area contributed by atoms with Crippen molar-refractivity contribution in [2.24, 2.45) is 11.8 Å². The maximum absolute atomic E-state index is 13.0. The predicted octanol–water partition coefficient (Wildman–Crippen LogP) is 3.10. The van der Waals surface area contributed by atoms with Gasteiger partial charge in [-0.15, -0.1) is 0 Å². The molecule has 0 aliphatic heterocycles. The molecule has 1 heterocycles. The Kier molecular flexibility index (Phi) is 5.85. The molecule has 152 valence electrons. The van der Waals surface area contributed by atoms with E-state index in [2.05, 4.69) is 4.98 Å². The summed E-state index contributed by atoms with van der Waals surface area (Å²) in [5.41, 5.74) is -1.79. The van der Waals surface area contributed by atoms with Gasteiger partial charge in [0.1, 0.15) is 17.0 Å². The highest BCUT2D eigenvalue weighted by Crippen LogP contribution is 2.42. The number of fused-ring (bicyclic) bond motifs is 2. The Hall–Kier alpha value is -2.26. The molecular weight excluding hydrogens is 379 g/mol. The van der Waals surface area contributed by atoms with Gasteiger partial charge in [0, 0.05) is 24.5 Å². The Morgan fingerprint density at radius 1 is 1.18 bits per heavy atom. The van der Waals surface area contributed by atoms with Gasteiger partial charge < -0.3 is 14.6 Å². The van der Waals surface area contributed by atoms with Gasteiger partial charge in [0.25, 0.3) is 0 Å². The van der Waals surface area contributed by atoms with Crippen LogP contribution < -0.4 is 0 Å². The van der Waals surface area contributed by atoms with Gasteiger partial charge in [-0.05, 0) is 31.4 Å². The van der Waals surface area contributed by atoms with E-state index in [9.17, 15) is 27.9 Å². The molecule has 28 heavy (non-hydrogen) atoms. The number of ketones is 2. The van der Waals surface area contributed by atoms with Crippen molar-refractivity contribution in [3.8, 4) is 0 Å². The van der Waals surface area contributed by atoms with Crippen LogP contribution in [0.4, 0.5) is 13.2 Å². The predicted molar refractivity (Wildman–Crippen MR) is 91.2 cm³/mol. The van der Waals surface area contributed by atoms with Crippen LogP contribution >= 0.6 is 0 Å². The summed E-state index contributed by atoms with van der Waals surface area (Å²) < 4.78 is 49.2. The largest absolute Gasteiger partial charge is 0.506 e. The first kappa shape index (κ1) is 20.5. The monoisotopic (exact) mass is 399 g/mol. The minimum absolute atomic E-state index is 0.104. The van der Waals surface area contributed by atoms with Crippen molar-refractivity contribution < 1.29 is 37.3 Å². The summed E-state index contributed by atoms with van der Waals surface area (Å²) in [5.74, 6) is -2.20. The molecule has 0 aromatic carbocycles.